The van der Waals surface area contributed by atoms with Crippen LogP contribution in [0, 0.1) is 6.92 Å². The van der Waals surface area contributed by atoms with Crippen LogP contribution in [-0.4, -0.2) is 0 Å². The van der Waals surface area contributed by atoms with Gasteiger partial charge < -0.3 is 4.90 Å². The lowest BCUT2D eigenvalue weighted by atomic mass is 9.97. The van der Waals surface area contributed by atoms with Crippen molar-refractivity contribution in [1.82, 2.24) is 0 Å². The Balaban J connectivity index is 1.16. The van der Waals surface area contributed by atoms with E-state index in [0.717, 1.165) is 17.1 Å². The SMILES string of the molecule is Cc1cc(-c2ccc(N(c3cccc(-c4ccccc4)c3)c3cccc(-c4cccc5ccccc45)c3)cc2)cc2sc3ccccc3c12. The first kappa shape index (κ1) is 29.2. The van der Waals surface area contributed by atoms with E-state index in [-0.39, 0.29) is 0 Å². The monoisotopic (exact) mass is 643 g/mol. The summed E-state index contributed by atoms with van der Waals surface area (Å²) in [4.78, 5) is 2.38. The van der Waals surface area contributed by atoms with Crippen molar-refractivity contribution in [2.24, 2.45) is 0 Å². The average molecular weight is 644 g/mol. The Kier molecular flexibility index (Phi) is 7.30. The Morgan fingerprint density at radius 3 is 1.82 bits per heavy atom. The van der Waals surface area contributed by atoms with E-state index >= 15 is 0 Å². The zero-order valence-corrected chi connectivity index (χ0v) is 28.0. The van der Waals surface area contributed by atoms with Gasteiger partial charge in [0.1, 0.15) is 0 Å². The third-order valence-electron chi connectivity index (χ3n) is 9.55. The van der Waals surface area contributed by atoms with E-state index in [1.165, 1.54) is 69.9 Å². The number of aryl methyl sites for hydroxylation is 1. The first-order valence-corrected chi connectivity index (χ1v) is 17.6. The molecule has 0 spiro atoms. The van der Waals surface area contributed by atoms with Crippen molar-refractivity contribution in [1.29, 1.82) is 0 Å². The molecule has 0 unspecified atom stereocenters. The molecular formula is C47H33NS. The Hall–Kier alpha value is -5.96. The van der Waals surface area contributed by atoms with Crippen LogP contribution in [0.1, 0.15) is 5.56 Å². The third kappa shape index (κ3) is 5.37. The molecular weight excluding hydrogens is 611 g/mol. The summed E-state index contributed by atoms with van der Waals surface area (Å²) in [5.41, 5.74) is 12.0. The van der Waals surface area contributed by atoms with Gasteiger partial charge in [0.2, 0.25) is 0 Å². The maximum Gasteiger partial charge on any atom is 0.0467 e. The van der Waals surface area contributed by atoms with Gasteiger partial charge in [-0.3, -0.25) is 0 Å². The highest BCUT2D eigenvalue weighted by atomic mass is 32.1. The minimum atomic E-state index is 1.11. The molecule has 0 saturated heterocycles. The molecule has 0 fully saturated rings. The molecule has 0 aliphatic heterocycles. The van der Waals surface area contributed by atoms with Crippen molar-refractivity contribution >= 4 is 59.3 Å². The van der Waals surface area contributed by atoms with Gasteiger partial charge in [0.05, 0.1) is 0 Å². The van der Waals surface area contributed by atoms with E-state index < -0.39 is 0 Å². The smallest absolute Gasteiger partial charge is 0.0467 e. The number of nitrogens with zero attached hydrogens (tertiary/aromatic N) is 1. The molecule has 9 rings (SSSR count). The van der Waals surface area contributed by atoms with E-state index in [9.17, 15) is 0 Å². The minimum absolute atomic E-state index is 1.11. The van der Waals surface area contributed by atoms with Gasteiger partial charge in [0, 0.05) is 37.2 Å². The number of fused-ring (bicyclic) bond motifs is 4. The summed E-state index contributed by atoms with van der Waals surface area (Å²) in [5, 5.41) is 5.23. The second kappa shape index (κ2) is 12.2. The van der Waals surface area contributed by atoms with Crippen LogP contribution in [0.15, 0.2) is 182 Å². The molecule has 0 radical (unpaired) electrons. The molecule has 49 heavy (non-hydrogen) atoms. The molecule has 1 heterocycles. The number of hydrogen-bond donors (Lipinski definition) is 0. The maximum atomic E-state index is 2.38. The van der Waals surface area contributed by atoms with Crippen molar-refractivity contribution in [3.05, 3.63) is 188 Å². The quantitative estimate of drug-likeness (QED) is 0.174. The summed E-state index contributed by atoms with van der Waals surface area (Å²) in [7, 11) is 0. The zero-order valence-electron chi connectivity index (χ0n) is 27.2. The lowest BCUT2D eigenvalue weighted by Crippen LogP contribution is -2.10. The molecule has 1 aromatic heterocycles. The molecule has 0 saturated carbocycles. The van der Waals surface area contributed by atoms with Gasteiger partial charge in [0.15, 0.2) is 0 Å². The van der Waals surface area contributed by atoms with Gasteiger partial charge in [-0.25, -0.2) is 0 Å². The molecule has 0 aliphatic rings. The Morgan fingerprint density at radius 1 is 0.388 bits per heavy atom. The third-order valence-corrected chi connectivity index (χ3v) is 10.7. The molecule has 0 N–H and O–H groups in total. The average Bonchev–Trinajstić information content (AvgIpc) is 3.55. The first-order valence-electron chi connectivity index (χ1n) is 16.8. The van der Waals surface area contributed by atoms with E-state index in [0.29, 0.717) is 0 Å². The van der Waals surface area contributed by atoms with Gasteiger partial charge in [-0.05, 0) is 105 Å². The number of hydrogen-bond acceptors (Lipinski definition) is 2. The van der Waals surface area contributed by atoms with Crippen LogP contribution in [-0.2, 0) is 0 Å². The second-order valence-corrected chi connectivity index (χ2v) is 13.7. The van der Waals surface area contributed by atoms with Crippen molar-refractivity contribution in [2.75, 3.05) is 4.90 Å². The van der Waals surface area contributed by atoms with Crippen LogP contribution >= 0.6 is 11.3 Å². The summed E-state index contributed by atoms with van der Waals surface area (Å²) in [5.74, 6) is 0. The van der Waals surface area contributed by atoms with Gasteiger partial charge >= 0.3 is 0 Å². The van der Waals surface area contributed by atoms with Crippen LogP contribution in [0.25, 0.3) is 64.3 Å². The molecule has 0 aliphatic carbocycles. The van der Waals surface area contributed by atoms with Gasteiger partial charge in [0.25, 0.3) is 0 Å². The topological polar surface area (TPSA) is 3.24 Å². The van der Waals surface area contributed by atoms with Crippen molar-refractivity contribution in [3.63, 3.8) is 0 Å². The van der Waals surface area contributed by atoms with Crippen LogP contribution < -0.4 is 4.90 Å². The van der Waals surface area contributed by atoms with Crippen molar-refractivity contribution < 1.29 is 0 Å². The highest BCUT2D eigenvalue weighted by molar-refractivity contribution is 7.25. The predicted octanol–water partition coefficient (Wildman–Crippen LogP) is 14.0. The molecule has 1 nitrogen and oxygen atoms in total. The van der Waals surface area contributed by atoms with Gasteiger partial charge in [-0.1, -0.05) is 133 Å². The van der Waals surface area contributed by atoms with Crippen LogP contribution in [0.5, 0.6) is 0 Å². The Labute approximate surface area is 291 Å². The second-order valence-electron chi connectivity index (χ2n) is 12.6. The summed E-state index contributed by atoms with van der Waals surface area (Å²) >= 11 is 1.88. The molecule has 0 amide bonds. The highest BCUT2D eigenvalue weighted by Gasteiger charge is 2.16. The summed E-state index contributed by atoms with van der Waals surface area (Å²) in [6, 6.07) is 66.1. The van der Waals surface area contributed by atoms with Gasteiger partial charge in [-0.15, -0.1) is 11.3 Å². The fraction of sp³-hybridized carbons (Fsp3) is 0.0213. The number of anilines is 3. The minimum Gasteiger partial charge on any atom is -0.310 e. The molecule has 8 aromatic carbocycles. The number of rotatable bonds is 6. The fourth-order valence-corrected chi connectivity index (χ4v) is 8.45. The highest BCUT2D eigenvalue weighted by Crippen LogP contribution is 2.42. The summed E-state index contributed by atoms with van der Waals surface area (Å²) in [6.07, 6.45) is 0. The van der Waals surface area contributed by atoms with Crippen LogP contribution in [0.4, 0.5) is 17.1 Å². The van der Waals surface area contributed by atoms with Gasteiger partial charge in [-0.2, -0.15) is 0 Å². The van der Waals surface area contributed by atoms with Crippen LogP contribution in [0.3, 0.4) is 0 Å². The molecule has 0 atom stereocenters. The largest absolute Gasteiger partial charge is 0.310 e. The van der Waals surface area contributed by atoms with Crippen molar-refractivity contribution in [3.8, 4) is 33.4 Å². The lowest BCUT2D eigenvalue weighted by molar-refractivity contribution is 1.28. The molecule has 232 valence electrons. The van der Waals surface area contributed by atoms with E-state index in [1.807, 2.05) is 11.3 Å². The number of thiophene rings is 1. The Bertz CT molecular complexity index is 2610. The standard InChI is InChI=1S/C47H33NS/c1-32-28-38(31-46-47(32)44-21-7-8-23-45(44)49-46)34-24-26-39(27-25-34)48(40-18-9-16-36(29-40)33-12-3-2-4-13-33)41-19-10-17-37(30-41)43-22-11-15-35-14-5-6-20-42(35)43/h2-31H,1H3. The molecule has 2 heteroatoms. The Morgan fingerprint density at radius 2 is 1.00 bits per heavy atom. The number of benzene rings is 8. The molecule has 0 bridgehead atoms. The first-order chi connectivity index (χ1) is 24.2. The zero-order chi connectivity index (χ0) is 32.7. The maximum absolute atomic E-state index is 2.38. The summed E-state index contributed by atoms with van der Waals surface area (Å²) < 4.78 is 2.68. The normalized spacial score (nSPS) is 11.4. The van der Waals surface area contributed by atoms with Crippen molar-refractivity contribution in [2.45, 2.75) is 6.92 Å². The van der Waals surface area contributed by atoms with Crippen LogP contribution in [0.2, 0.25) is 0 Å². The van der Waals surface area contributed by atoms with E-state index in [1.54, 1.807) is 0 Å². The lowest BCUT2D eigenvalue weighted by Gasteiger charge is -2.27. The predicted molar refractivity (Wildman–Crippen MR) is 213 cm³/mol. The summed E-state index contributed by atoms with van der Waals surface area (Å²) in [6.45, 7) is 2.24. The molecule has 9 aromatic rings. The van der Waals surface area contributed by atoms with E-state index in [2.05, 4.69) is 194 Å². The van der Waals surface area contributed by atoms with E-state index in [4.69, 9.17) is 0 Å². The fourth-order valence-electron chi connectivity index (χ4n) is 7.22.